The molecule has 0 N–H and O–H groups in total. The molecule has 2 aromatic heterocycles. The normalized spacial score (nSPS) is 10.6. The third kappa shape index (κ3) is 1.74. The summed E-state index contributed by atoms with van der Waals surface area (Å²) in [4.78, 5) is 11.7. The maximum atomic E-state index is 11.7. The Labute approximate surface area is 98.8 Å². The van der Waals surface area contributed by atoms with E-state index in [1.165, 1.54) is 0 Å². The van der Waals surface area contributed by atoms with Crippen molar-refractivity contribution >= 4 is 5.52 Å². The molecule has 2 heteroatoms. The van der Waals surface area contributed by atoms with E-state index < -0.39 is 0 Å². The van der Waals surface area contributed by atoms with Crippen molar-refractivity contribution in [3.8, 4) is 11.3 Å². The van der Waals surface area contributed by atoms with Gasteiger partial charge in [0.15, 0.2) is 5.43 Å². The molecule has 17 heavy (non-hydrogen) atoms. The van der Waals surface area contributed by atoms with Crippen molar-refractivity contribution in [1.29, 1.82) is 0 Å². The minimum absolute atomic E-state index is 0.0371. The van der Waals surface area contributed by atoms with Gasteiger partial charge < -0.3 is 4.40 Å². The third-order valence-electron chi connectivity index (χ3n) is 2.79. The van der Waals surface area contributed by atoms with Gasteiger partial charge in [-0.15, -0.1) is 0 Å². The van der Waals surface area contributed by atoms with Crippen LogP contribution in [0.15, 0.2) is 71.7 Å². The summed E-state index contributed by atoms with van der Waals surface area (Å²) in [6, 6.07) is 19.1. The van der Waals surface area contributed by atoms with Crippen LogP contribution in [0.2, 0.25) is 0 Å². The molecule has 0 unspecified atom stereocenters. The lowest BCUT2D eigenvalue weighted by molar-refractivity contribution is 1.16. The number of hydrogen-bond donors (Lipinski definition) is 0. The van der Waals surface area contributed by atoms with Crippen LogP contribution in [0.25, 0.3) is 16.8 Å². The fraction of sp³-hybridized carbons (Fsp3) is 0. The molecule has 0 radical (unpaired) electrons. The SMILES string of the molecule is O=c1cc(-c2ccccc2)n2ccccc2c1. The molecule has 0 aliphatic carbocycles. The largest absolute Gasteiger partial charge is 0.316 e. The van der Waals surface area contributed by atoms with E-state index in [2.05, 4.69) is 0 Å². The molecule has 82 valence electrons. The molecule has 3 aromatic rings. The number of aromatic nitrogens is 1. The van der Waals surface area contributed by atoms with Gasteiger partial charge in [-0.1, -0.05) is 36.4 Å². The highest BCUT2D eigenvalue weighted by atomic mass is 16.1. The Bertz CT molecular complexity index is 714. The number of benzene rings is 1. The summed E-state index contributed by atoms with van der Waals surface area (Å²) in [7, 11) is 0. The Morgan fingerprint density at radius 3 is 2.41 bits per heavy atom. The molecule has 0 saturated carbocycles. The second-order valence-electron chi connectivity index (χ2n) is 3.94. The summed E-state index contributed by atoms with van der Waals surface area (Å²) in [5, 5.41) is 0. The van der Waals surface area contributed by atoms with Crippen LogP contribution in [0.3, 0.4) is 0 Å². The number of nitrogens with zero attached hydrogens (tertiary/aromatic N) is 1. The Morgan fingerprint density at radius 2 is 1.59 bits per heavy atom. The van der Waals surface area contributed by atoms with E-state index in [-0.39, 0.29) is 5.43 Å². The van der Waals surface area contributed by atoms with E-state index in [9.17, 15) is 4.79 Å². The van der Waals surface area contributed by atoms with Crippen molar-refractivity contribution in [1.82, 2.24) is 4.40 Å². The molecular weight excluding hydrogens is 210 g/mol. The molecule has 0 spiro atoms. The van der Waals surface area contributed by atoms with Gasteiger partial charge in [0.1, 0.15) is 0 Å². The molecule has 0 bridgehead atoms. The van der Waals surface area contributed by atoms with Crippen LogP contribution >= 0.6 is 0 Å². The van der Waals surface area contributed by atoms with Crippen LogP contribution in [0.4, 0.5) is 0 Å². The molecule has 0 fully saturated rings. The molecule has 2 heterocycles. The van der Waals surface area contributed by atoms with Crippen LogP contribution < -0.4 is 5.43 Å². The summed E-state index contributed by atoms with van der Waals surface area (Å²) in [6.45, 7) is 0. The summed E-state index contributed by atoms with van der Waals surface area (Å²) < 4.78 is 2.02. The summed E-state index contributed by atoms with van der Waals surface area (Å²) >= 11 is 0. The van der Waals surface area contributed by atoms with E-state index in [1.807, 2.05) is 59.1 Å². The molecule has 0 atom stereocenters. The fourth-order valence-corrected chi connectivity index (χ4v) is 2.02. The first-order chi connectivity index (χ1) is 8.34. The second-order valence-corrected chi connectivity index (χ2v) is 3.94. The van der Waals surface area contributed by atoms with Crippen molar-refractivity contribution in [2.45, 2.75) is 0 Å². The van der Waals surface area contributed by atoms with E-state index in [1.54, 1.807) is 12.1 Å². The smallest absolute Gasteiger partial charge is 0.182 e. The van der Waals surface area contributed by atoms with Gasteiger partial charge in [0, 0.05) is 23.8 Å². The first kappa shape index (κ1) is 9.85. The Morgan fingerprint density at radius 1 is 0.824 bits per heavy atom. The number of fused-ring (bicyclic) bond motifs is 1. The molecule has 1 aromatic carbocycles. The number of rotatable bonds is 1. The lowest BCUT2D eigenvalue weighted by Gasteiger charge is -2.08. The van der Waals surface area contributed by atoms with Crippen LogP contribution in [-0.2, 0) is 0 Å². The molecule has 0 aliphatic rings. The molecule has 0 amide bonds. The van der Waals surface area contributed by atoms with E-state index >= 15 is 0 Å². The Kier molecular flexibility index (Phi) is 2.26. The second kappa shape index (κ2) is 3.91. The van der Waals surface area contributed by atoms with Gasteiger partial charge in [-0.25, -0.2) is 0 Å². The van der Waals surface area contributed by atoms with Crippen molar-refractivity contribution in [3.05, 3.63) is 77.1 Å². The minimum atomic E-state index is 0.0371. The minimum Gasteiger partial charge on any atom is -0.316 e. The van der Waals surface area contributed by atoms with Crippen molar-refractivity contribution < 1.29 is 0 Å². The highest BCUT2D eigenvalue weighted by molar-refractivity contribution is 5.64. The monoisotopic (exact) mass is 221 g/mol. The maximum absolute atomic E-state index is 11.7. The summed E-state index contributed by atoms with van der Waals surface area (Å²) in [5.41, 5.74) is 2.93. The zero-order valence-electron chi connectivity index (χ0n) is 9.21. The molecule has 2 nitrogen and oxygen atoms in total. The summed E-state index contributed by atoms with van der Waals surface area (Å²) in [5.74, 6) is 0. The lowest BCUT2D eigenvalue weighted by atomic mass is 10.1. The lowest BCUT2D eigenvalue weighted by Crippen LogP contribution is -2.03. The van der Waals surface area contributed by atoms with Crippen LogP contribution in [0.5, 0.6) is 0 Å². The van der Waals surface area contributed by atoms with E-state index in [0.29, 0.717) is 0 Å². The topological polar surface area (TPSA) is 21.5 Å². The first-order valence-electron chi connectivity index (χ1n) is 5.51. The van der Waals surface area contributed by atoms with Crippen LogP contribution in [0, 0.1) is 0 Å². The van der Waals surface area contributed by atoms with Gasteiger partial charge in [-0.3, -0.25) is 4.79 Å². The van der Waals surface area contributed by atoms with Crippen LogP contribution in [-0.4, -0.2) is 4.40 Å². The Balaban J connectivity index is 2.40. The molecule has 0 saturated heterocycles. The van der Waals surface area contributed by atoms with Crippen molar-refractivity contribution in [3.63, 3.8) is 0 Å². The van der Waals surface area contributed by atoms with E-state index in [0.717, 1.165) is 16.8 Å². The highest BCUT2D eigenvalue weighted by Crippen LogP contribution is 2.18. The highest BCUT2D eigenvalue weighted by Gasteiger charge is 2.02. The van der Waals surface area contributed by atoms with Gasteiger partial charge in [0.05, 0.1) is 5.69 Å². The van der Waals surface area contributed by atoms with Gasteiger partial charge in [0.2, 0.25) is 0 Å². The maximum Gasteiger partial charge on any atom is 0.182 e. The zero-order chi connectivity index (χ0) is 11.7. The molecule has 3 rings (SSSR count). The van der Waals surface area contributed by atoms with Crippen molar-refractivity contribution in [2.24, 2.45) is 0 Å². The standard InChI is InChI=1S/C15H11NO/c17-14-10-13-8-4-5-9-16(13)15(11-14)12-6-2-1-3-7-12/h1-11H. The van der Waals surface area contributed by atoms with Crippen LogP contribution in [0.1, 0.15) is 0 Å². The van der Waals surface area contributed by atoms with Crippen molar-refractivity contribution in [2.75, 3.05) is 0 Å². The van der Waals surface area contributed by atoms with E-state index in [4.69, 9.17) is 0 Å². The van der Waals surface area contributed by atoms with Gasteiger partial charge in [-0.05, 0) is 17.7 Å². The first-order valence-corrected chi connectivity index (χ1v) is 5.51. The fourth-order valence-electron chi connectivity index (χ4n) is 2.02. The van der Waals surface area contributed by atoms with Gasteiger partial charge in [-0.2, -0.15) is 0 Å². The predicted molar refractivity (Wildman–Crippen MR) is 69.1 cm³/mol. The van der Waals surface area contributed by atoms with Gasteiger partial charge >= 0.3 is 0 Å². The molecule has 0 aliphatic heterocycles. The molecular formula is C15H11NO. The third-order valence-corrected chi connectivity index (χ3v) is 2.79. The number of pyridine rings is 2. The Hall–Kier alpha value is -2.35. The summed E-state index contributed by atoms with van der Waals surface area (Å²) in [6.07, 6.45) is 1.97. The average Bonchev–Trinajstić information content (AvgIpc) is 2.39. The quantitative estimate of drug-likeness (QED) is 0.619. The average molecular weight is 221 g/mol. The zero-order valence-corrected chi connectivity index (χ0v) is 9.21. The number of hydrogen-bond acceptors (Lipinski definition) is 1. The van der Waals surface area contributed by atoms with Gasteiger partial charge in [0.25, 0.3) is 0 Å². The predicted octanol–water partition coefficient (Wildman–Crippen LogP) is 2.97.